The number of aromatic carboxylic acids is 1. The fraction of sp³-hybridized carbons (Fsp3) is 0.133. The summed E-state index contributed by atoms with van der Waals surface area (Å²) in [4.78, 5) is 10.9. The molecule has 2 rings (SSSR count). The van der Waals surface area contributed by atoms with Gasteiger partial charge in [-0.15, -0.1) is 0 Å². The first-order valence-corrected chi connectivity index (χ1v) is 9.94. The third-order valence-corrected chi connectivity index (χ3v) is 6.36. The molecule has 3 N–H and O–H groups in total. The summed E-state index contributed by atoms with van der Waals surface area (Å²) in [7, 11) is -6.39. The van der Waals surface area contributed by atoms with Crippen LogP contribution in [-0.2, 0) is 20.0 Å². The maximum Gasteiger partial charge on any atom is 0.335 e. The zero-order valence-corrected chi connectivity index (χ0v) is 15.0. The van der Waals surface area contributed by atoms with Gasteiger partial charge in [0, 0.05) is 5.69 Å². The van der Waals surface area contributed by atoms with E-state index in [1.807, 2.05) is 0 Å². The number of sulfonamides is 2. The highest BCUT2D eigenvalue weighted by Crippen LogP contribution is 2.22. The van der Waals surface area contributed by atoms with Gasteiger partial charge in [-0.25, -0.2) is 26.4 Å². The van der Waals surface area contributed by atoms with Gasteiger partial charge < -0.3 is 5.11 Å². The molecule has 0 fully saturated rings. The van der Waals surface area contributed by atoms with Gasteiger partial charge in [0.05, 0.1) is 15.4 Å². The molecule has 0 unspecified atom stereocenters. The van der Waals surface area contributed by atoms with Crippen LogP contribution in [0.2, 0.25) is 0 Å². The summed E-state index contributed by atoms with van der Waals surface area (Å²) in [5, 5.41) is 9.01. The summed E-state index contributed by atoms with van der Waals surface area (Å²) in [6.45, 7) is 1.54. The van der Waals surface area contributed by atoms with Crippen LogP contribution in [0.4, 0.5) is 5.69 Å². The van der Waals surface area contributed by atoms with Crippen LogP contribution in [-0.4, -0.2) is 35.0 Å². The normalized spacial score (nSPS) is 11.9. The summed E-state index contributed by atoms with van der Waals surface area (Å²) in [5.74, 6) is -1.24. The molecule has 0 saturated carbocycles. The SMILES string of the molecule is CNS(=O)(=O)c1ccc(NS(=O)(=O)c2cc(C(=O)O)ccc2C)cc1. The number of carboxylic acid groups (broad SMARTS) is 1. The fourth-order valence-corrected chi connectivity index (χ4v) is 4.11. The van der Waals surface area contributed by atoms with E-state index in [-0.39, 0.29) is 21.0 Å². The average Bonchev–Trinajstić information content (AvgIpc) is 2.55. The first kappa shape index (κ1) is 18.9. The van der Waals surface area contributed by atoms with E-state index in [9.17, 15) is 21.6 Å². The van der Waals surface area contributed by atoms with Crippen LogP contribution in [0.5, 0.6) is 0 Å². The second kappa shape index (κ2) is 6.82. The molecule has 0 aromatic heterocycles. The molecule has 2 aromatic rings. The van der Waals surface area contributed by atoms with Crippen LogP contribution in [0.15, 0.2) is 52.3 Å². The average molecular weight is 384 g/mol. The molecule has 2 aromatic carbocycles. The quantitative estimate of drug-likeness (QED) is 0.690. The first-order valence-electron chi connectivity index (χ1n) is 6.97. The van der Waals surface area contributed by atoms with Crippen LogP contribution < -0.4 is 9.44 Å². The van der Waals surface area contributed by atoms with Crippen molar-refractivity contribution in [3.05, 3.63) is 53.6 Å². The Labute approximate surface area is 145 Å². The Bertz CT molecular complexity index is 1010. The van der Waals surface area contributed by atoms with E-state index >= 15 is 0 Å². The molecule has 0 aliphatic heterocycles. The van der Waals surface area contributed by atoms with E-state index in [0.717, 1.165) is 6.07 Å². The molecule has 10 heteroatoms. The van der Waals surface area contributed by atoms with Crippen molar-refractivity contribution in [2.75, 3.05) is 11.8 Å². The maximum absolute atomic E-state index is 12.5. The number of anilines is 1. The lowest BCUT2D eigenvalue weighted by Gasteiger charge is -2.11. The highest BCUT2D eigenvalue weighted by Gasteiger charge is 2.19. The molecule has 8 nitrogen and oxygen atoms in total. The number of carboxylic acids is 1. The highest BCUT2D eigenvalue weighted by molar-refractivity contribution is 7.92. The largest absolute Gasteiger partial charge is 0.478 e. The second-order valence-corrected chi connectivity index (χ2v) is 8.66. The molecule has 134 valence electrons. The Kier molecular flexibility index (Phi) is 5.16. The number of benzene rings is 2. The molecule has 0 bridgehead atoms. The van der Waals surface area contributed by atoms with Gasteiger partial charge in [-0.1, -0.05) is 6.07 Å². The first-order chi connectivity index (χ1) is 11.6. The smallest absolute Gasteiger partial charge is 0.335 e. The van der Waals surface area contributed by atoms with Gasteiger partial charge in [-0.2, -0.15) is 0 Å². The van der Waals surface area contributed by atoms with Crippen molar-refractivity contribution >= 4 is 31.7 Å². The van der Waals surface area contributed by atoms with Gasteiger partial charge in [0.25, 0.3) is 10.0 Å². The zero-order valence-electron chi connectivity index (χ0n) is 13.3. The van der Waals surface area contributed by atoms with Crippen LogP contribution in [0, 0.1) is 6.92 Å². The molecule has 0 heterocycles. The Hall–Kier alpha value is -2.43. The van der Waals surface area contributed by atoms with Crippen molar-refractivity contribution in [2.24, 2.45) is 0 Å². The lowest BCUT2D eigenvalue weighted by molar-refractivity contribution is 0.0696. The minimum atomic E-state index is -4.03. The zero-order chi connectivity index (χ0) is 18.8. The van der Waals surface area contributed by atoms with Crippen LogP contribution in [0.25, 0.3) is 0 Å². The summed E-state index contributed by atoms with van der Waals surface area (Å²) in [6, 6.07) is 8.90. The number of aryl methyl sites for hydroxylation is 1. The number of nitrogens with one attached hydrogen (secondary N) is 2. The van der Waals surface area contributed by atoms with Crippen LogP contribution in [0.1, 0.15) is 15.9 Å². The van der Waals surface area contributed by atoms with Gasteiger partial charge in [0.1, 0.15) is 0 Å². The number of rotatable bonds is 6. The van der Waals surface area contributed by atoms with Gasteiger partial charge in [0.15, 0.2) is 0 Å². The van der Waals surface area contributed by atoms with Crippen LogP contribution >= 0.6 is 0 Å². The number of hydrogen-bond donors (Lipinski definition) is 3. The number of carbonyl (C=O) groups is 1. The second-order valence-electron chi connectivity index (χ2n) is 5.12. The number of hydrogen-bond acceptors (Lipinski definition) is 5. The summed E-state index contributed by atoms with van der Waals surface area (Å²) >= 11 is 0. The van der Waals surface area contributed by atoms with E-state index in [0.29, 0.717) is 5.56 Å². The molecular weight excluding hydrogens is 368 g/mol. The van der Waals surface area contributed by atoms with Gasteiger partial charge in [-0.3, -0.25) is 4.72 Å². The monoisotopic (exact) mass is 384 g/mol. The summed E-state index contributed by atoms with van der Waals surface area (Å²) in [6.07, 6.45) is 0. The van der Waals surface area contributed by atoms with Crippen LogP contribution in [0.3, 0.4) is 0 Å². The molecule has 0 aliphatic carbocycles. The maximum atomic E-state index is 12.5. The summed E-state index contributed by atoms with van der Waals surface area (Å²) in [5.41, 5.74) is 0.378. The van der Waals surface area contributed by atoms with Crippen molar-refractivity contribution < 1.29 is 26.7 Å². The lowest BCUT2D eigenvalue weighted by atomic mass is 10.1. The molecule has 0 amide bonds. The molecule has 0 atom stereocenters. The Morgan fingerprint density at radius 1 is 0.960 bits per heavy atom. The highest BCUT2D eigenvalue weighted by atomic mass is 32.2. The third kappa shape index (κ3) is 4.16. The van der Waals surface area contributed by atoms with E-state index in [1.54, 1.807) is 6.92 Å². The molecule has 0 saturated heterocycles. The predicted octanol–water partition coefficient (Wildman–Crippen LogP) is 1.40. The predicted molar refractivity (Wildman–Crippen MR) is 91.6 cm³/mol. The van der Waals surface area contributed by atoms with E-state index in [4.69, 9.17) is 5.11 Å². The summed E-state index contributed by atoms with van der Waals surface area (Å²) < 4.78 is 52.8. The third-order valence-electron chi connectivity index (χ3n) is 3.41. The Morgan fingerprint density at radius 2 is 1.56 bits per heavy atom. The molecule has 0 spiro atoms. The van der Waals surface area contributed by atoms with Crippen molar-refractivity contribution in [3.8, 4) is 0 Å². The topological polar surface area (TPSA) is 130 Å². The lowest BCUT2D eigenvalue weighted by Crippen LogP contribution is -2.19. The van der Waals surface area contributed by atoms with Gasteiger partial charge in [0.2, 0.25) is 10.0 Å². The van der Waals surface area contributed by atoms with Crippen molar-refractivity contribution in [1.29, 1.82) is 0 Å². The Morgan fingerprint density at radius 3 is 2.08 bits per heavy atom. The molecule has 25 heavy (non-hydrogen) atoms. The Balaban J connectivity index is 2.37. The van der Waals surface area contributed by atoms with Crippen molar-refractivity contribution in [1.82, 2.24) is 4.72 Å². The van der Waals surface area contributed by atoms with Crippen molar-refractivity contribution in [3.63, 3.8) is 0 Å². The minimum Gasteiger partial charge on any atom is -0.478 e. The molecular formula is C15H16N2O6S2. The standard InChI is InChI=1S/C15H16N2O6S2/c1-10-3-4-11(15(18)19)9-14(10)25(22,23)17-12-5-7-13(8-6-12)24(20,21)16-2/h3-9,16-17H,1-2H3,(H,18,19). The fourth-order valence-electron chi connectivity index (χ4n) is 2.05. The van der Waals surface area contributed by atoms with E-state index in [1.165, 1.54) is 43.4 Å². The minimum absolute atomic E-state index is 0.0120. The van der Waals surface area contributed by atoms with Gasteiger partial charge in [-0.05, 0) is 55.9 Å². The van der Waals surface area contributed by atoms with Crippen molar-refractivity contribution in [2.45, 2.75) is 16.7 Å². The van der Waals surface area contributed by atoms with E-state index < -0.39 is 26.0 Å². The van der Waals surface area contributed by atoms with E-state index in [2.05, 4.69) is 9.44 Å². The van der Waals surface area contributed by atoms with Gasteiger partial charge >= 0.3 is 5.97 Å². The molecule has 0 radical (unpaired) electrons. The molecule has 0 aliphatic rings.